The van der Waals surface area contributed by atoms with E-state index in [1.54, 1.807) is 7.05 Å². The molecule has 0 aliphatic rings. The van der Waals surface area contributed by atoms with E-state index in [0.29, 0.717) is 19.2 Å². The van der Waals surface area contributed by atoms with Crippen LogP contribution in [0, 0.1) is 0 Å². The van der Waals surface area contributed by atoms with Gasteiger partial charge in [-0.15, -0.1) is 0 Å². The summed E-state index contributed by atoms with van der Waals surface area (Å²) in [6, 6.07) is 0.511. The number of hydrogen-bond donors (Lipinski definition) is 1. The number of rotatable bonds is 8. The summed E-state index contributed by atoms with van der Waals surface area (Å²) >= 11 is 0. The minimum absolute atomic E-state index is 0.180. The van der Waals surface area contributed by atoms with Crippen molar-refractivity contribution in [2.45, 2.75) is 52.1 Å². The molecule has 0 aromatic heterocycles. The summed E-state index contributed by atoms with van der Waals surface area (Å²) in [6.45, 7) is 9.15. The van der Waals surface area contributed by atoms with Crippen LogP contribution in [0.1, 0.15) is 40.5 Å². The predicted octanol–water partition coefficient (Wildman–Crippen LogP) is 1.65. The van der Waals surface area contributed by atoms with Gasteiger partial charge < -0.3 is 15.0 Å². The fourth-order valence-electron chi connectivity index (χ4n) is 2.08. The lowest BCUT2D eigenvalue weighted by atomic mass is 10.0. The molecule has 4 nitrogen and oxygen atoms in total. The van der Waals surface area contributed by atoms with Crippen LogP contribution in [-0.4, -0.2) is 49.7 Å². The fourth-order valence-corrected chi connectivity index (χ4v) is 2.08. The molecular weight excluding hydrogens is 216 g/mol. The largest absolute Gasteiger partial charge is 0.465 e. The van der Waals surface area contributed by atoms with Crippen LogP contribution in [-0.2, 0) is 9.53 Å². The van der Waals surface area contributed by atoms with E-state index in [4.69, 9.17) is 4.74 Å². The SMILES string of the molecule is CCOC(=O)C(C)(CN(C)C(CC)CC)NC. The number of esters is 1. The summed E-state index contributed by atoms with van der Waals surface area (Å²) in [4.78, 5) is 14.1. The monoisotopic (exact) mass is 244 g/mol. The highest BCUT2D eigenvalue weighted by molar-refractivity contribution is 5.80. The number of carbonyl (C=O) groups excluding carboxylic acids is 1. The van der Waals surface area contributed by atoms with Crippen LogP contribution in [0.4, 0.5) is 0 Å². The standard InChI is InChI=1S/C13H28N2O2/c1-7-11(8-2)15(6)10-13(4,14-5)12(16)17-9-3/h11,14H,7-10H2,1-6H3. The van der Waals surface area contributed by atoms with Crippen molar-refractivity contribution >= 4 is 5.97 Å². The maximum atomic E-state index is 11.9. The normalized spacial score (nSPS) is 15.1. The maximum absolute atomic E-state index is 11.9. The van der Waals surface area contributed by atoms with Crippen LogP contribution in [0.5, 0.6) is 0 Å². The van der Waals surface area contributed by atoms with Crippen LogP contribution in [0.2, 0.25) is 0 Å². The molecule has 0 radical (unpaired) electrons. The molecule has 4 heteroatoms. The van der Waals surface area contributed by atoms with Crippen molar-refractivity contribution in [3.63, 3.8) is 0 Å². The highest BCUT2D eigenvalue weighted by atomic mass is 16.5. The Balaban J connectivity index is 4.61. The average molecular weight is 244 g/mol. The highest BCUT2D eigenvalue weighted by Crippen LogP contribution is 2.13. The highest BCUT2D eigenvalue weighted by Gasteiger charge is 2.35. The second kappa shape index (κ2) is 7.67. The van der Waals surface area contributed by atoms with E-state index in [9.17, 15) is 4.79 Å². The Morgan fingerprint density at radius 3 is 2.24 bits per heavy atom. The number of ether oxygens (including phenoxy) is 1. The zero-order valence-electron chi connectivity index (χ0n) is 12.2. The summed E-state index contributed by atoms with van der Waals surface area (Å²) in [6.07, 6.45) is 2.19. The molecule has 0 aromatic rings. The first-order valence-corrected chi connectivity index (χ1v) is 6.51. The number of nitrogens with one attached hydrogen (secondary N) is 1. The van der Waals surface area contributed by atoms with Crippen LogP contribution in [0.3, 0.4) is 0 Å². The molecule has 0 saturated carbocycles. The minimum Gasteiger partial charge on any atom is -0.465 e. The minimum atomic E-state index is -0.632. The second-order valence-electron chi connectivity index (χ2n) is 4.69. The van der Waals surface area contributed by atoms with E-state index in [-0.39, 0.29) is 5.97 Å². The average Bonchev–Trinajstić information content (AvgIpc) is 2.30. The van der Waals surface area contributed by atoms with Gasteiger partial charge in [0.15, 0.2) is 0 Å². The first-order chi connectivity index (χ1) is 7.95. The molecule has 0 spiro atoms. The molecular formula is C13H28N2O2. The number of hydrogen-bond acceptors (Lipinski definition) is 4. The van der Waals surface area contributed by atoms with Crippen molar-refractivity contribution in [2.75, 3.05) is 27.2 Å². The molecule has 102 valence electrons. The molecule has 1 unspecified atom stereocenters. The zero-order chi connectivity index (χ0) is 13.5. The lowest BCUT2D eigenvalue weighted by Crippen LogP contribution is -2.57. The lowest BCUT2D eigenvalue weighted by molar-refractivity contribution is -0.151. The number of likely N-dealkylation sites (N-methyl/N-ethyl adjacent to an activating group) is 2. The van der Waals surface area contributed by atoms with Gasteiger partial charge in [0.2, 0.25) is 0 Å². The first kappa shape index (κ1) is 16.4. The summed E-state index contributed by atoms with van der Waals surface area (Å²) in [5.41, 5.74) is -0.632. The van der Waals surface area contributed by atoms with Gasteiger partial charge in [0, 0.05) is 12.6 Å². The Kier molecular flexibility index (Phi) is 7.39. The third-order valence-electron chi connectivity index (χ3n) is 3.41. The molecule has 0 fully saturated rings. The van der Waals surface area contributed by atoms with Gasteiger partial charge in [-0.05, 0) is 40.8 Å². The van der Waals surface area contributed by atoms with Gasteiger partial charge in [0.1, 0.15) is 5.54 Å². The first-order valence-electron chi connectivity index (χ1n) is 6.51. The van der Waals surface area contributed by atoms with Crippen molar-refractivity contribution in [3.05, 3.63) is 0 Å². The Labute approximate surface area is 106 Å². The van der Waals surface area contributed by atoms with Crippen molar-refractivity contribution in [2.24, 2.45) is 0 Å². The topological polar surface area (TPSA) is 41.6 Å². The van der Waals surface area contributed by atoms with Crippen molar-refractivity contribution in [3.8, 4) is 0 Å². The second-order valence-corrected chi connectivity index (χ2v) is 4.69. The van der Waals surface area contributed by atoms with Crippen molar-refractivity contribution in [1.82, 2.24) is 10.2 Å². The maximum Gasteiger partial charge on any atom is 0.327 e. The van der Waals surface area contributed by atoms with Crippen molar-refractivity contribution in [1.29, 1.82) is 0 Å². The number of carbonyl (C=O) groups is 1. The Bertz CT molecular complexity index is 229. The third kappa shape index (κ3) is 4.64. The quantitative estimate of drug-likeness (QED) is 0.659. The van der Waals surface area contributed by atoms with Gasteiger partial charge in [-0.1, -0.05) is 13.8 Å². The van der Waals surface area contributed by atoms with Crippen molar-refractivity contribution < 1.29 is 9.53 Å². The summed E-state index contributed by atoms with van der Waals surface area (Å²) in [5.74, 6) is -0.180. The van der Waals surface area contributed by atoms with E-state index in [0.717, 1.165) is 12.8 Å². The summed E-state index contributed by atoms with van der Waals surface area (Å²) in [5, 5.41) is 3.08. The molecule has 17 heavy (non-hydrogen) atoms. The van der Waals surface area contributed by atoms with Crippen LogP contribution in [0.25, 0.3) is 0 Å². The van der Waals surface area contributed by atoms with Gasteiger partial charge in [-0.25, -0.2) is 0 Å². The molecule has 0 heterocycles. The molecule has 0 aromatic carbocycles. The fraction of sp³-hybridized carbons (Fsp3) is 0.923. The smallest absolute Gasteiger partial charge is 0.327 e. The predicted molar refractivity (Wildman–Crippen MR) is 71.1 cm³/mol. The molecule has 1 atom stereocenters. The third-order valence-corrected chi connectivity index (χ3v) is 3.41. The van der Waals surface area contributed by atoms with Gasteiger partial charge in [-0.2, -0.15) is 0 Å². The Morgan fingerprint density at radius 2 is 1.88 bits per heavy atom. The van der Waals surface area contributed by atoms with E-state index in [2.05, 4.69) is 31.1 Å². The van der Waals surface area contributed by atoms with Crippen LogP contribution < -0.4 is 5.32 Å². The number of nitrogens with zero attached hydrogens (tertiary/aromatic N) is 1. The molecule has 0 rings (SSSR count). The lowest BCUT2D eigenvalue weighted by Gasteiger charge is -2.35. The van der Waals surface area contributed by atoms with E-state index < -0.39 is 5.54 Å². The molecule has 0 saturated heterocycles. The van der Waals surface area contributed by atoms with Crippen LogP contribution in [0.15, 0.2) is 0 Å². The molecule has 0 bridgehead atoms. The van der Waals surface area contributed by atoms with Crippen LogP contribution >= 0.6 is 0 Å². The Morgan fingerprint density at radius 1 is 1.35 bits per heavy atom. The zero-order valence-corrected chi connectivity index (χ0v) is 12.2. The van der Waals surface area contributed by atoms with E-state index in [1.165, 1.54) is 0 Å². The van der Waals surface area contributed by atoms with Gasteiger partial charge in [0.25, 0.3) is 0 Å². The summed E-state index contributed by atoms with van der Waals surface area (Å²) < 4.78 is 5.12. The van der Waals surface area contributed by atoms with Gasteiger partial charge >= 0.3 is 5.97 Å². The van der Waals surface area contributed by atoms with Gasteiger partial charge in [0.05, 0.1) is 6.61 Å². The molecule has 0 aliphatic heterocycles. The van der Waals surface area contributed by atoms with E-state index >= 15 is 0 Å². The Hall–Kier alpha value is -0.610. The summed E-state index contributed by atoms with van der Waals surface area (Å²) in [7, 11) is 3.87. The molecule has 0 amide bonds. The molecule has 1 N–H and O–H groups in total. The van der Waals surface area contributed by atoms with Gasteiger partial charge in [-0.3, -0.25) is 4.79 Å². The van der Waals surface area contributed by atoms with E-state index in [1.807, 2.05) is 13.8 Å². The molecule has 0 aliphatic carbocycles.